The van der Waals surface area contributed by atoms with Gasteiger partial charge in [0.15, 0.2) is 21.3 Å². The van der Waals surface area contributed by atoms with Crippen molar-refractivity contribution >= 4 is 32.6 Å². The van der Waals surface area contributed by atoms with Crippen LogP contribution < -0.4 is 11.1 Å². The molecular formula is C17H16N4O3S. The zero-order chi connectivity index (χ0) is 18.0. The number of aromatic nitrogens is 2. The Morgan fingerprint density at radius 3 is 2.44 bits per heavy atom. The van der Waals surface area contributed by atoms with Gasteiger partial charge in [-0.25, -0.2) is 18.4 Å². The van der Waals surface area contributed by atoms with Gasteiger partial charge in [0.25, 0.3) is 5.91 Å². The van der Waals surface area contributed by atoms with E-state index in [1.165, 1.54) is 12.1 Å². The largest absolute Gasteiger partial charge is 0.382 e. The van der Waals surface area contributed by atoms with Crippen molar-refractivity contribution in [1.29, 1.82) is 0 Å². The second-order valence-electron chi connectivity index (χ2n) is 5.55. The lowest BCUT2D eigenvalue weighted by Gasteiger charge is -2.08. The monoisotopic (exact) mass is 356 g/mol. The van der Waals surface area contributed by atoms with Gasteiger partial charge in [-0.3, -0.25) is 4.79 Å². The number of anilines is 1. The summed E-state index contributed by atoms with van der Waals surface area (Å²) >= 11 is 0. The van der Waals surface area contributed by atoms with E-state index in [4.69, 9.17) is 5.73 Å². The predicted molar refractivity (Wildman–Crippen MR) is 94.7 cm³/mol. The summed E-state index contributed by atoms with van der Waals surface area (Å²) in [5.41, 5.74) is 7.70. The highest BCUT2D eigenvalue weighted by Gasteiger charge is 2.14. The molecule has 0 saturated carbocycles. The minimum Gasteiger partial charge on any atom is -0.382 e. The third kappa shape index (κ3) is 3.74. The SMILES string of the molecule is CS(=O)(=O)c1cccc(CNC(=O)c2nc3ccccc3nc2N)c1. The first kappa shape index (κ1) is 16.8. The number of amides is 1. The molecule has 8 heteroatoms. The van der Waals surface area contributed by atoms with Gasteiger partial charge in [0, 0.05) is 12.8 Å². The van der Waals surface area contributed by atoms with Crippen LogP contribution in [0.3, 0.4) is 0 Å². The molecule has 2 aromatic carbocycles. The van der Waals surface area contributed by atoms with Crippen LogP contribution >= 0.6 is 0 Å². The van der Waals surface area contributed by atoms with Gasteiger partial charge >= 0.3 is 0 Å². The molecule has 128 valence electrons. The van der Waals surface area contributed by atoms with Crippen molar-refractivity contribution in [3.8, 4) is 0 Å². The first-order valence-corrected chi connectivity index (χ1v) is 9.33. The molecule has 3 aromatic rings. The van der Waals surface area contributed by atoms with Crippen molar-refractivity contribution < 1.29 is 13.2 Å². The summed E-state index contributed by atoms with van der Waals surface area (Å²) in [6.45, 7) is 0.149. The first-order chi connectivity index (χ1) is 11.8. The number of carbonyl (C=O) groups is 1. The van der Waals surface area contributed by atoms with E-state index in [2.05, 4.69) is 15.3 Å². The van der Waals surface area contributed by atoms with Gasteiger partial charge < -0.3 is 11.1 Å². The Morgan fingerprint density at radius 1 is 1.08 bits per heavy atom. The maximum Gasteiger partial charge on any atom is 0.274 e. The van der Waals surface area contributed by atoms with Crippen LogP contribution in [0.4, 0.5) is 5.82 Å². The molecule has 0 atom stereocenters. The van der Waals surface area contributed by atoms with Gasteiger partial charge in [-0.15, -0.1) is 0 Å². The molecule has 1 amide bonds. The number of nitrogens with two attached hydrogens (primary N) is 1. The summed E-state index contributed by atoms with van der Waals surface area (Å²) in [6.07, 6.45) is 1.13. The van der Waals surface area contributed by atoms with Gasteiger partial charge in [0.2, 0.25) is 0 Å². The second-order valence-corrected chi connectivity index (χ2v) is 7.56. The van der Waals surface area contributed by atoms with Crippen LogP contribution in [0.1, 0.15) is 16.1 Å². The smallest absolute Gasteiger partial charge is 0.274 e. The van der Waals surface area contributed by atoms with E-state index in [-0.39, 0.29) is 23.0 Å². The van der Waals surface area contributed by atoms with Crippen LogP contribution in [0.2, 0.25) is 0 Å². The Morgan fingerprint density at radius 2 is 1.76 bits per heavy atom. The molecule has 0 fully saturated rings. The number of rotatable bonds is 4. The molecular weight excluding hydrogens is 340 g/mol. The Bertz CT molecular complexity index is 1060. The van der Waals surface area contributed by atoms with Crippen LogP contribution in [0.15, 0.2) is 53.4 Å². The summed E-state index contributed by atoms with van der Waals surface area (Å²) in [4.78, 5) is 21.0. The molecule has 25 heavy (non-hydrogen) atoms. The summed E-state index contributed by atoms with van der Waals surface area (Å²) in [5, 5.41) is 2.68. The molecule has 0 bridgehead atoms. The minimum atomic E-state index is -3.30. The molecule has 3 N–H and O–H groups in total. The molecule has 0 aliphatic heterocycles. The lowest BCUT2D eigenvalue weighted by molar-refractivity contribution is 0.0947. The van der Waals surface area contributed by atoms with Crippen molar-refractivity contribution in [1.82, 2.24) is 15.3 Å². The van der Waals surface area contributed by atoms with Gasteiger partial charge in [0.05, 0.1) is 15.9 Å². The van der Waals surface area contributed by atoms with E-state index in [9.17, 15) is 13.2 Å². The molecule has 1 aromatic heterocycles. The lowest BCUT2D eigenvalue weighted by atomic mass is 10.2. The van der Waals surface area contributed by atoms with Crippen LogP contribution in [-0.4, -0.2) is 30.5 Å². The van der Waals surface area contributed by atoms with Crippen molar-refractivity contribution in [2.75, 3.05) is 12.0 Å². The molecule has 0 aliphatic carbocycles. The standard InChI is InChI=1S/C17H16N4O3S/c1-25(23,24)12-6-4-5-11(9-12)10-19-17(22)15-16(18)21-14-8-3-2-7-13(14)20-15/h2-9H,10H2,1H3,(H2,18,21)(H,19,22). The molecule has 7 nitrogen and oxygen atoms in total. The number of hydrogen-bond donors (Lipinski definition) is 2. The van der Waals surface area contributed by atoms with Crippen LogP contribution in [-0.2, 0) is 16.4 Å². The highest BCUT2D eigenvalue weighted by atomic mass is 32.2. The molecule has 0 unspecified atom stereocenters. The van der Waals surface area contributed by atoms with Crippen molar-refractivity contribution in [3.05, 3.63) is 59.8 Å². The highest BCUT2D eigenvalue weighted by molar-refractivity contribution is 7.90. The fourth-order valence-corrected chi connectivity index (χ4v) is 3.02. The summed E-state index contributed by atoms with van der Waals surface area (Å²) in [5.74, 6) is -0.429. The molecule has 0 saturated heterocycles. The topological polar surface area (TPSA) is 115 Å². The van der Waals surface area contributed by atoms with Crippen LogP contribution in [0.5, 0.6) is 0 Å². The fraction of sp³-hybridized carbons (Fsp3) is 0.118. The number of nitrogen functional groups attached to an aromatic ring is 1. The van der Waals surface area contributed by atoms with Crippen molar-refractivity contribution in [3.63, 3.8) is 0 Å². The number of fused-ring (bicyclic) bond motifs is 1. The number of carbonyl (C=O) groups excluding carboxylic acids is 1. The Balaban J connectivity index is 1.80. The average molecular weight is 356 g/mol. The number of nitrogens with one attached hydrogen (secondary N) is 1. The summed E-state index contributed by atoms with van der Waals surface area (Å²) in [7, 11) is -3.30. The minimum absolute atomic E-state index is 0.0398. The van der Waals surface area contributed by atoms with Crippen molar-refractivity contribution in [2.24, 2.45) is 0 Å². The molecule has 1 heterocycles. The zero-order valence-electron chi connectivity index (χ0n) is 13.4. The quantitative estimate of drug-likeness (QED) is 0.733. The third-order valence-electron chi connectivity index (χ3n) is 3.59. The van der Waals surface area contributed by atoms with E-state index in [0.717, 1.165) is 6.26 Å². The van der Waals surface area contributed by atoms with Crippen LogP contribution in [0.25, 0.3) is 11.0 Å². The van der Waals surface area contributed by atoms with Gasteiger partial charge in [-0.2, -0.15) is 0 Å². The molecule has 0 radical (unpaired) electrons. The highest BCUT2D eigenvalue weighted by Crippen LogP contribution is 2.15. The maximum atomic E-state index is 12.4. The summed E-state index contributed by atoms with van der Waals surface area (Å²) < 4.78 is 23.2. The molecule has 0 aliphatic rings. The number of hydrogen-bond acceptors (Lipinski definition) is 6. The number of para-hydroxylation sites is 2. The third-order valence-corrected chi connectivity index (χ3v) is 4.70. The second kappa shape index (κ2) is 6.48. The van der Waals surface area contributed by atoms with Gasteiger partial charge in [-0.1, -0.05) is 24.3 Å². The number of nitrogens with zero attached hydrogens (tertiary/aromatic N) is 2. The Hall–Kier alpha value is -3.00. The number of sulfone groups is 1. The van der Waals surface area contributed by atoms with Gasteiger partial charge in [0.1, 0.15) is 0 Å². The van der Waals surface area contributed by atoms with E-state index in [1.807, 2.05) is 6.07 Å². The number of benzene rings is 2. The van der Waals surface area contributed by atoms with E-state index in [1.54, 1.807) is 30.3 Å². The molecule has 0 spiro atoms. The maximum absolute atomic E-state index is 12.4. The fourth-order valence-electron chi connectivity index (χ4n) is 2.33. The normalized spacial score (nSPS) is 11.4. The van der Waals surface area contributed by atoms with E-state index < -0.39 is 15.7 Å². The van der Waals surface area contributed by atoms with E-state index >= 15 is 0 Å². The average Bonchev–Trinajstić information content (AvgIpc) is 2.58. The lowest BCUT2D eigenvalue weighted by Crippen LogP contribution is -2.25. The summed E-state index contributed by atoms with van der Waals surface area (Å²) in [6, 6.07) is 13.5. The Kier molecular flexibility index (Phi) is 4.37. The predicted octanol–water partition coefficient (Wildman–Crippen LogP) is 1.55. The van der Waals surface area contributed by atoms with Gasteiger partial charge in [-0.05, 0) is 29.8 Å². The van der Waals surface area contributed by atoms with Crippen LogP contribution in [0, 0.1) is 0 Å². The zero-order valence-corrected chi connectivity index (χ0v) is 14.2. The Labute approximate surface area is 144 Å². The van der Waals surface area contributed by atoms with Crippen molar-refractivity contribution in [2.45, 2.75) is 11.4 Å². The molecule has 3 rings (SSSR count). The first-order valence-electron chi connectivity index (χ1n) is 7.44. The van der Waals surface area contributed by atoms with E-state index in [0.29, 0.717) is 16.6 Å².